The minimum absolute atomic E-state index is 0.0104. The Morgan fingerprint density at radius 3 is 2.34 bits per heavy atom. The van der Waals surface area contributed by atoms with E-state index < -0.39 is 17.7 Å². The van der Waals surface area contributed by atoms with Gasteiger partial charge in [-0.05, 0) is 74.6 Å². The van der Waals surface area contributed by atoms with Gasteiger partial charge in [0, 0.05) is 29.1 Å². The molecule has 2 aromatic carbocycles. The molecule has 0 radical (unpaired) electrons. The van der Waals surface area contributed by atoms with Gasteiger partial charge in [-0.1, -0.05) is 11.6 Å². The first-order valence-corrected chi connectivity index (χ1v) is 11.0. The molecule has 1 aliphatic rings. The van der Waals surface area contributed by atoms with Crippen LogP contribution >= 0.6 is 11.6 Å². The molecule has 170 valence electrons. The van der Waals surface area contributed by atoms with E-state index in [1.807, 2.05) is 0 Å². The fourth-order valence-electron chi connectivity index (χ4n) is 3.72. The van der Waals surface area contributed by atoms with Crippen molar-refractivity contribution in [3.05, 3.63) is 64.4 Å². The molecule has 0 saturated heterocycles. The summed E-state index contributed by atoms with van der Waals surface area (Å²) in [5.74, 6) is -1.46. The molecule has 0 heterocycles. The van der Waals surface area contributed by atoms with Crippen LogP contribution in [0.1, 0.15) is 59.2 Å². The summed E-state index contributed by atoms with van der Waals surface area (Å²) in [6, 6.07) is 10.5. The third-order valence-electron chi connectivity index (χ3n) is 5.49. The molecule has 2 aromatic rings. The summed E-state index contributed by atoms with van der Waals surface area (Å²) in [5, 5.41) is 11.9. The summed E-state index contributed by atoms with van der Waals surface area (Å²) >= 11 is 5.75. The van der Waals surface area contributed by atoms with Crippen LogP contribution in [-0.4, -0.2) is 35.4 Å². The maximum absolute atomic E-state index is 13.3. The van der Waals surface area contributed by atoms with E-state index in [-0.39, 0.29) is 41.4 Å². The zero-order chi connectivity index (χ0) is 23.1. The first-order valence-electron chi connectivity index (χ1n) is 10.6. The summed E-state index contributed by atoms with van der Waals surface area (Å²) in [4.78, 5) is 35.5. The molecule has 1 fully saturated rings. The van der Waals surface area contributed by atoms with E-state index in [1.165, 1.54) is 6.07 Å². The minimum Gasteiger partial charge on any atom is -0.490 e. The Morgan fingerprint density at radius 1 is 1.03 bits per heavy atom. The normalized spacial score (nSPS) is 18.1. The molecule has 0 bridgehead atoms. The number of ether oxygens (including phenoxy) is 1. The number of carboxylic acids is 1. The number of ketones is 1. The van der Waals surface area contributed by atoms with Crippen molar-refractivity contribution in [1.29, 1.82) is 0 Å². The predicted molar refractivity (Wildman–Crippen MR) is 118 cm³/mol. The molecule has 0 spiro atoms. The third-order valence-corrected chi connectivity index (χ3v) is 5.71. The number of Topliss-reactive ketones (excluding diaryl/α,β-unsaturated/α-hetero) is 1. The van der Waals surface area contributed by atoms with Crippen LogP contribution in [0, 0.1) is 11.7 Å². The molecule has 6 nitrogen and oxygen atoms in total. The Hall–Kier alpha value is -2.93. The second-order valence-electron chi connectivity index (χ2n) is 7.89. The van der Waals surface area contributed by atoms with Crippen molar-refractivity contribution in [3.8, 4) is 5.75 Å². The van der Waals surface area contributed by atoms with Crippen molar-refractivity contribution in [2.45, 2.75) is 44.6 Å². The highest BCUT2D eigenvalue weighted by atomic mass is 35.5. The number of halogens is 2. The van der Waals surface area contributed by atoms with Gasteiger partial charge >= 0.3 is 5.97 Å². The van der Waals surface area contributed by atoms with Crippen LogP contribution < -0.4 is 10.1 Å². The Kier molecular flexibility index (Phi) is 8.22. The molecular formula is C24H25ClFNO5. The fourth-order valence-corrected chi connectivity index (χ4v) is 3.94. The Labute approximate surface area is 190 Å². The van der Waals surface area contributed by atoms with Gasteiger partial charge in [0.1, 0.15) is 11.6 Å². The standard InChI is InChI=1S/C24H25ClFNO5/c25-18-12-17(13-19(26)14-18)23(29)27-11-1-2-22(28)15-3-7-20(8-4-15)32-21-9-5-16(6-10-21)24(30)31/h3-4,7-8,12-14,16,21H,1-2,5-6,9-11H2,(H,27,29)(H,30,31). The van der Waals surface area contributed by atoms with Crippen LogP contribution in [-0.2, 0) is 4.79 Å². The van der Waals surface area contributed by atoms with Crippen molar-refractivity contribution in [3.63, 3.8) is 0 Å². The van der Waals surface area contributed by atoms with Gasteiger partial charge in [0.15, 0.2) is 5.78 Å². The fraction of sp³-hybridized carbons (Fsp3) is 0.375. The molecule has 3 rings (SSSR count). The average Bonchev–Trinajstić information content (AvgIpc) is 2.76. The number of benzene rings is 2. The van der Waals surface area contributed by atoms with Crippen molar-refractivity contribution in [1.82, 2.24) is 5.32 Å². The second-order valence-corrected chi connectivity index (χ2v) is 8.33. The molecule has 0 unspecified atom stereocenters. The topological polar surface area (TPSA) is 92.7 Å². The lowest BCUT2D eigenvalue weighted by Gasteiger charge is -2.26. The monoisotopic (exact) mass is 461 g/mol. The van der Waals surface area contributed by atoms with Crippen LogP contribution in [0.5, 0.6) is 5.75 Å². The highest BCUT2D eigenvalue weighted by molar-refractivity contribution is 6.31. The molecule has 8 heteroatoms. The van der Waals surface area contributed by atoms with E-state index >= 15 is 0 Å². The van der Waals surface area contributed by atoms with E-state index in [0.717, 1.165) is 12.1 Å². The van der Waals surface area contributed by atoms with Gasteiger partial charge in [0.2, 0.25) is 0 Å². The maximum Gasteiger partial charge on any atom is 0.306 e. The Morgan fingerprint density at radius 2 is 1.72 bits per heavy atom. The number of hydrogen-bond acceptors (Lipinski definition) is 4. The Balaban J connectivity index is 1.40. The highest BCUT2D eigenvalue weighted by Crippen LogP contribution is 2.28. The lowest BCUT2D eigenvalue weighted by atomic mass is 9.87. The molecule has 0 aromatic heterocycles. The molecule has 1 amide bonds. The van der Waals surface area contributed by atoms with Gasteiger partial charge in [-0.25, -0.2) is 4.39 Å². The Bertz CT molecular complexity index is 951. The largest absolute Gasteiger partial charge is 0.490 e. The van der Waals surface area contributed by atoms with Crippen LogP contribution in [0.4, 0.5) is 4.39 Å². The van der Waals surface area contributed by atoms with E-state index in [9.17, 15) is 18.8 Å². The SMILES string of the molecule is O=C(CCCNC(=O)c1cc(F)cc(Cl)c1)c1ccc(OC2CCC(C(=O)O)CC2)cc1. The van der Waals surface area contributed by atoms with E-state index in [2.05, 4.69) is 5.32 Å². The highest BCUT2D eigenvalue weighted by Gasteiger charge is 2.26. The number of hydrogen-bond donors (Lipinski definition) is 2. The van der Waals surface area contributed by atoms with Crippen LogP contribution in [0.2, 0.25) is 5.02 Å². The van der Waals surface area contributed by atoms with Crippen molar-refractivity contribution in [2.75, 3.05) is 6.54 Å². The summed E-state index contributed by atoms with van der Waals surface area (Å²) in [5.41, 5.74) is 0.684. The lowest BCUT2D eigenvalue weighted by Crippen LogP contribution is -2.27. The van der Waals surface area contributed by atoms with Gasteiger partial charge in [-0.2, -0.15) is 0 Å². The van der Waals surface area contributed by atoms with Gasteiger partial charge in [-0.3, -0.25) is 14.4 Å². The second kappa shape index (κ2) is 11.1. The summed E-state index contributed by atoms with van der Waals surface area (Å²) < 4.78 is 19.2. The minimum atomic E-state index is -0.746. The molecule has 1 aliphatic carbocycles. The smallest absolute Gasteiger partial charge is 0.306 e. The number of carbonyl (C=O) groups excluding carboxylic acids is 2. The van der Waals surface area contributed by atoms with E-state index in [4.69, 9.17) is 21.4 Å². The van der Waals surface area contributed by atoms with Gasteiger partial charge < -0.3 is 15.2 Å². The zero-order valence-electron chi connectivity index (χ0n) is 17.5. The van der Waals surface area contributed by atoms with Crippen molar-refractivity contribution in [2.24, 2.45) is 5.92 Å². The molecule has 0 aliphatic heterocycles. The van der Waals surface area contributed by atoms with Crippen molar-refractivity contribution >= 4 is 29.3 Å². The van der Waals surface area contributed by atoms with Crippen LogP contribution in [0.15, 0.2) is 42.5 Å². The van der Waals surface area contributed by atoms with Crippen LogP contribution in [0.25, 0.3) is 0 Å². The maximum atomic E-state index is 13.3. The first kappa shape index (κ1) is 23.7. The van der Waals surface area contributed by atoms with Gasteiger partial charge in [0.25, 0.3) is 5.91 Å². The molecule has 0 atom stereocenters. The number of rotatable bonds is 9. The molecule has 2 N–H and O–H groups in total. The summed E-state index contributed by atoms with van der Waals surface area (Å²) in [6.45, 7) is 0.277. The molecule has 1 saturated carbocycles. The quantitative estimate of drug-likeness (QED) is 0.409. The molecular weight excluding hydrogens is 437 g/mol. The van der Waals surface area contributed by atoms with Gasteiger partial charge in [0.05, 0.1) is 12.0 Å². The molecule has 32 heavy (non-hydrogen) atoms. The average molecular weight is 462 g/mol. The van der Waals surface area contributed by atoms with Crippen LogP contribution in [0.3, 0.4) is 0 Å². The summed E-state index contributed by atoms with van der Waals surface area (Å²) in [7, 11) is 0. The number of amides is 1. The lowest BCUT2D eigenvalue weighted by molar-refractivity contribution is -0.143. The number of nitrogens with one attached hydrogen (secondary N) is 1. The number of carbonyl (C=O) groups is 3. The zero-order valence-corrected chi connectivity index (χ0v) is 18.2. The van der Waals surface area contributed by atoms with Crippen molar-refractivity contribution < 1.29 is 28.6 Å². The van der Waals surface area contributed by atoms with Gasteiger partial charge in [-0.15, -0.1) is 0 Å². The van der Waals surface area contributed by atoms with E-state index in [1.54, 1.807) is 24.3 Å². The third kappa shape index (κ3) is 6.79. The first-order chi connectivity index (χ1) is 15.3. The summed E-state index contributed by atoms with van der Waals surface area (Å²) in [6.07, 6.45) is 3.31. The number of aliphatic carboxylic acids is 1. The predicted octanol–water partition coefficient (Wildman–Crippen LogP) is 4.89. The number of carboxylic acid groups (broad SMARTS) is 1. The van der Waals surface area contributed by atoms with E-state index in [0.29, 0.717) is 43.4 Å².